The fourth-order valence-electron chi connectivity index (χ4n) is 6.23. The summed E-state index contributed by atoms with van der Waals surface area (Å²) in [5.41, 5.74) is 8.29. The van der Waals surface area contributed by atoms with Gasteiger partial charge in [0.2, 0.25) is 0 Å². The predicted octanol–water partition coefficient (Wildman–Crippen LogP) is 9.12. The SMILES string of the molecule is Cc1cccc(C(c2ccc(N(C)C)cc2)c2ccc(N(C)C)cc2)c1N=P(c1ccccc1)(c1ccccc1)c1ccccc1. The van der Waals surface area contributed by atoms with E-state index in [1.54, 1.807) is 0 Å². The molecule has 0 saturated carbocycles. The second-order valence-corrected chi connectivity index (χ2v) is 15.2. The molecule has 6 aromatic carbocycles. The van der Waals surface area contributed by atoms with Crippen molar-refractivity contribution in [2.75, 3.05) is 38.0 Å². The van der Waals surface area contributed by atoms with Crippen LogP contribution in [0.15, 0.2) is 162 Å². The summed E-state index contributed by atoms with van der Waals surface area (Å²) in [6.45, 7) is 2.21. The third-order valence-electron chi connectivity index (χ3n) is 8.71. The molecule has 0 heterocycles. The molecule has 0 aliphatic rings. The number of aryl methyl sites for hydroxylation is 1. The van der Waals surface area contributed by atoms with Gasteiger partial charge in [-0.3, -0.25) is 4.74 Å². The quantitative estimate of drug-likeness (QED) is 0.119. The Labute approximate surface area is 274 Å². The number of hydrogen-bond donors (Lipinski definition) is 0. The van der Waals surface area contributed by atoms with Gasteiger partial charge in [-0.05, 0) is 53.4 Å². The fraction of sp³-hybridized carbons (Fsp3) is 0.143. The maximum absolute atomic E-state index is 6.06. The van der Waals surface area contributed by atoms with E-state index >= 15 is 0 Å². The van der Waals surface area contributed by atoms with Crippen molar-refractivity contribution in [1.29, 1.82) is 0 Å². The number of rotatable bonds is 9. The van der Waals surface area contributed by atoms with E-state index in [-0.39, 0.29) is 5.92 Å². The van der Waals surface area contributed by atoms with Crippen molar-refractivity contribution in [1.82, 2.24) is 0 Å². The number of nitrogens with zero attached hydrogens (tertiary/aromatic N) is 3. The molecular formula is C42H42N3P. The van der Waals surface area contributed by atoms with Crippen LogP contribution in [0.25, 0.3) is 0 Å². The van der Waals surface area contributed by atoms with Crippen molar-refractivity contribution < 1.29 is 0 Å². The Morgan fingerprint density at radius 2 is 0.848 bits per heavy atom. The van der Waals surface area contributed by atoms with Crippen molar-refractivity contribution in [2.45, 2.75) is 12.8 Å². The molecule has 0 bridgehead atoms. The maximum Gasteiger partial charge on any atom is 0.0696 e. The summed E-state index contributed by atoms with van der Waals surface area (Å²) in [5, 5.41) is 3.72. The molecule has 0 aromatic heterocycles. The van der Waals surface area contributed by atoms with E-state index in [2.05, 4.69) is 203 Å². The topological polar surface area (TPSA) is 18.8 Å². The zero-order chi connectivity index (χ0) is 32.1. The van der Waals surface area contributed by atoms with Gasteiger partial charge in [0.15, 0.2) is 0 Å². The van der Waals surface area contributed by atoms with E-state index in [0.29, 0.717) is 0 Å². The van der Waals surface area contributed by atoms with Gasteiger partial charge < -0.3 is 9.80 Å². The van der Waals surface area contributed by atoms with E-state index in [0.717, 1.165) is 5.69 Å². The van der Waals surface area contributed by atoms with Crippen molar-refractivity contribution in [3.63, 3.8) is 0 Å². The lowest BCUT2D eigenvalue weighted by Crippen LogP contribution is -2.25. The minimum absolute atomic E-state index is 0.00436. The van der Waals surface area contributed by atoms with Gasteiger partial charge in [0.25, 0.3) is 0 Å². The molecule has 0 N–H and O–H groups in total. The molecule has 0 fully saturated rings. The molecule has 0 saturated heterocycles. The highest BCUT2D eigenvalue weighted by Gasteiger charge is 2.29. The molecule has 0 atom stereocenters. The van der Waals surface area contributed by atoms with Gasteiger partial charge in [-0.25, -0.2) is 0 Å². The molecule has 4 heteroatoms. The summed E-state index contributed by atoms with van der Waals surface area (Å²) in [6, 6.07) is 57.4. The summed E-state index contributed by atoms with van der Waals surface area (Å²) in [6.07, 6.45) is 0. The molecular weight excluding hydrogens is 577 g/mol. The Balaban J connectivity index is 1.69. The fourth-order valence-corrected chi connectivity index (χ4v) is 9.86. The van der Waals surface area contributed by atoms with Crippen LogP contribution >= 0.6 is 7.05 Å². The summed E-state index contributed by atoms with van der Waals surface area (Å²) in [4.78, 5) is 4.30. The molecule has 46 heavy (non-hydrogen) atoms. The van der Waals surface area contributed by atoms with Crippen molar-refractivity contribution >= 4 is 40.0 Å². The van der Waals surface area contributed by atoms with Crippen LogP contribution in [-0.4, -0.2) is 28.2 Å². The minimum Gasteiger partial charge on any atom is -0.378 e. The highest BCUT2D eigenvalue weighted by atomic mass is 31.2. The number of anilines is 2. The third kappa shape index (κ3) is 6.16. The van der Waals surface area contributed by atoms with Gasteiger partial charge in [-0.15, -0.1) is 0 Å². The summed E-state index contributed by atoms with van der Waals surface area (Å²) in [5.74, 6) is -0.00436. The first-order valence-corrected chi connectivity index (χ1v) is 17.6. The van der Waals surface area contributed by atoms with Crippen molar-refractivity contribution in [3.05, 3.63) is 180 Å². The Morgan fingerprint density at radius 3 is 1.22 bits per heavy atom. The minimum atomic E-state index is -2.48. The predicted molar refractivity (Wildman–Crippen MR) is 201 cm³/mol. The first-order valence-electron chi connectivity index (χ1n) is 15.8. The van der Waals surface area contributed by atoms with E-state index < -0.39 is 7.05 Å². The molecule has 0 spiro atoms. The molecule has 6 aromatic rings. The second kappa shape index (κ2) is 13.6. The standard InChI is InChI=1S/C42H42N3P/c1-32-16-15-23-40(41(33-24-28-35(29-25-33)44(2)3)34-26-30-36(31-27-34)45(4)5)42(32)43-46(37-17-9-6-10-18-37,38-19-11-7-12-20-38)39-21-13-8-14-22-39/h6-31,41H,1-5H3. The van der Waals surface area contributed by atoms with Gasteiger partial charge in [-0.2, -0.15) is 0 Å². The monoisotopic (exact) mass is 619 g/mol. The largest absolute Gasteiger partial charge is 0.378 e. The zero-order valence-corrected chi connectivity index (χ0v) is 28.3. The van der Waals surface area contributed by atoms with E-state index in [1.165, 1.54) is 49.5 Å². The van der Waals surface area contributed by atoms with Crippen LogP contribution in [0.5, 0.6) is 0 Å². The van der Waals surface area contributed by atoms with Crippen LogP contribution in [0.4, 0.5) is 17.1 Å². The van der Waals surface area contributed by atoms with Crippen LogP contribution in [-0.2, 0) is 0 Å². The highest BCUT2D eigenvalue weighted by molar-refractivity contribution is 7.87. The second-order valence-electron chi connectivity index (χ2n) is 12.2. The number of hydrogen-bond acceptors (Lipinski definition) is 3. The lowest BCUT2D eigenvalue weighted by molar-refractivity contribution is 0.970. The molecule has 230 valence electrons. The molecule has 0 amide bonds. The smallest absolute Gasteiger partial charge is 0.0696 e. The summed E-state index contributed by atoms with van der Waals surface area (Å²) in [7, 11) is 5.87. The molecule has 6 rings (SSSR count). The van der Waals surface area contributed by atoms with E-state index in [9.17, 15) is 0 Å². The lowest BCUT2D eigenvalue weighted by atomic mass is 9.83. The Hall–Kier alpha value is -4.85. The molecule has 0 unspecified atom stereocenters. The normalized spacial score (nSPS) is 11.3. The third-order valence-corrected chi connectivity index (χ3v) is 12.3. The van der Waals surface area contributed by atoms with Crippen molar-refractivity contribution in [2.24, 2.45) is 4.74 Å². The van der Waals surface area contributed by atoms with Gasteiger partial charge in [0.05, 0.1) is 12.7 Å². The van der Waals surface area contributed by atoms with E-state index in [1.807, 2.05) is 0 Å². The van der Waals surface area contributed by atoms with E-state index in [4.69, 9.17) is 4.74 Å². The lowest BCUT2D eigenvalue weighted by Gasteiger charge is -2.29. The first kappa shape index (κ1) is 31.1. The average molecular weight is 620 g/mol. The zero-order valence-electron chi connectivity index (χ0n) is 27.4. The molecule has 0 aliphatic heterocycles. The Bertz CT molecular complexity index is 1780. The summed E-state index contributed by atoms with van der Waals surface area (Å²) >= 11 is 0. The van der Waals surface area contributed by atoms with Crippen LogP contribution in [0.1, 0.15) is 28.2 Å². The van der Waals surface area contributed by atoms with Gasteiger partial charge >= 0.3 is 0 Å². The molecule has 0 radical (unpaired) electrons. The molecule has 0 aliphatic carbocycles. The Morgan fingerprint density at radius 1 is 0.457 bits per heavy atom. The van der Waals surface area contributed by atoms with Crippen LogP contribution < -0.4 is 25.7 Å². The van der Waals surface area contributed by atoms with Crippen LogP contribution in [0, 0.1) is 6.92 Å². The Kier molecular flexibility index (Phi) is 9.24. The highest BCUT2D eigenvalue weighted by Crippen LogP contribution is 2.52. The van der Waals surface area contributed by atoms with Crippen LogP contribution in [0.2, 0.25) is 0 Å². The van der Waals surface area contributed by atoms with Crippen LogP contribution in [0.3, 0.4) is 0 Å². The first-order chi connectivity index (χ1) is 22.4. The molecule has 3 nitrogen and oxygen atoms in total. The van der Waals surface area contributed by atoms with Crippen molar-refractivity contribution in [3.8, 4) is 0 Å². The van der Waals surface area contributed by atoms with Gasteiger partial charge in [0.1, 0.15) is 0 Å². The number of benzene rings is 6. The van der Waals surface area contributed by atoms with Gasteiger partial charge in [0, 0.05) is 61.4 Å². The maximum atomic E-state index is 6.06. The van der Waals surface area contributed by atoms with Gasteiger partial charge in [-0.1, -0.05) is 133 Å². The summed E-state index contributed by atoms with van der Waals surface area (Å²) < 4.78 is 6.06. The average Bonchev–Trinajstić information content (AvgIpc) is 3.10.